The number of ether oxygens (including phenoxy) is 1. The lowest BCUT2D eigenvalue weighted by molar-refractivity contribution is 0.0992. The Balaban J connectivity index is 1.73. The van der Waals surface area contributed by atoms with Crippen LogP contribution in [0.25, 0.3) is 0 Å². The lowest BCUT2D eigenvalue weighted by Gasteiger charge is -2.19. The van der Waals surface area contributed by atoms with Gasteiger partial charge in [0.15, 0.2) is 9.84 Å². The first kappa shape index (κ1) is 12.3. The number of nitrogens with two attached hydrogens (primary N) is 1. The summed E-state index contributed by atoms with van der Waals surface area (Å²) in [6.07, 6.45) is 5.27. The SMILES string of the molecule is NC(CCC1CCCO1)C1CCS(=O)(=O)C1. The second-order valence-electron chi connectivity index (χ2n) is 5.04. The average Bonchev–Trinajstić information content (AvgIpc) is 2.83. The first-order valence-electron chi connectivity index (χ1n) is 6.14. The third kappa shape index (κ3) is 3.18. The van der Waals surface area contributed by atoms with Gasteiger partial charge in [-0.15, -0.1) is 0 Å². The van der Waals surface area contributed by atoms with E-state index in [0.717, 1.165) is 38.7 Å². The number of sulfone groups is 1. The average molecular weight is 247 g/mol. The van der Waals surface area contributed by atoms with Gasteiger partial charge in [-0.1, -0.05) is 0 Å². The van der Waals surface area contributed by atoms with Crippen LogP contribution in [0.1, 0.15) is 32.1 Å². The molecule has 2 aliphatic rings. The fourth-order valence-electron chi connectivity index (χ4n) is 2.65. The van der Waals surface area contributed by atoms with E-state index in [-0.39, 0.29) is 12.0 Å². The molecule has 0 saturated carbocycles. The van der Waals surface area contributed by atoms with Crippen LogP contribution in [0.5, 0.6) is 0 Å². The Morgan fingerprint density at radius 2 is 2.19 bits per heavy atom. The summed E-state index contributed by atoms with van der Waals surface area (Å²) in [6, 6.07) is 0.0291. The predicted molar refractivity (Wildman–Crippen MR) is 62.9 cm³/mol. The van der Waals surface area contributed by atoms with Crippen molar-refractivity contribution in [2.24, 2.45) is 11.7 Å². The summed E-state index contributed by atoms with van der Waals surface area (Å²) in [5.74, 6) is 0.789. The molecule has 0 amide bonds. The van der Waals surface area contributed by atoms with Gasteiger partial charge in [0, 0.05) is 12.6 Å². The summed E-state index contributed by atoms with van der Waals surface area (Å²) < 4.78 is 28.2. The highest BCUT2D eigenvalue weighted by Crippen LogP contribution is 2.25. The van der Waals surface area contributed by atoms with Crippen LogP contribution in [-0.2, 0) is 14.6 Å². The summed E-state index contributed by atoms with van der Waals surface area (Å²) >= 11 is 0. The van der Waals surface area contributed by atoms with Gasteiger partial charge in [0.25, 0.3) is 0 Å². The van der Waals surface area contributed by atoms with Gasteiger partial charge in [-0.3, -0.25) is 0 Å². The minimum atomic E-state index is -2.79. The first-order chi connectivity index (χ1) is 7.57. The molecule has 2 fully saturated rings. The van der Waals surface area contributed by atoms with Gasteiger partial charge in [-0.25, -0.2) is 8.42 Å². The smallest absolute Gasteiger partial charge is 0.150 e. The Hall–Kier alpha value is -0.130. The topological polar surface area (TPSA) is 69.4 Å². The summed E-state index contributed by atoms with van der Waals surface area (Å²) in [4.78, 5) is 0. The van der Waals surface area contributed by atoms with E-state index >= 15 is 0 Å². The van der Waals surface area contributed by atoms with Crippen molar-refractivity contribution >= 4 is 9.84 Å². The third-order valence-electron chi connectivity index (χ3n) is 3.72. The van der Waals surface area contributed by atoms with Crippen molar-refractivity contribution in [3.05, 3.63) is 0 Å². The van der Waals surface area contributed by atoms with E-state index in [4.69, 9.17) is 10.5 Å². The molecule has 0 bridgehead atoms. The van der Waals surface area contributed by atoms with Crippen LogP contribution >= 0.6 is 0 Å². The van der Waals surface area contributed by atoms with E-state index in [1.807, 2.05) is 0 Å². The zero-order valence-electron chi connectivity index (χ0n) is 9.60. The second-order valence-corrected chi connectivity index (χ2v) is 7.27. The van der Waals surface area contributed by atoms with Crippen molar-refractivity contribution in [2.45, 2.75) is 44.2 Å². The lowest BCUT2D eigenvalue weighted by atomic mass is 9.94. The molecule has 3 unspecified atom stereocenters. The molecular formula is C11H21NO3S. The van der Waals surface area contributed by atoms with Gasteiger partial charge < -0.3 is 10.5 Å². The Labute approximate surface area is 97.5 Å². The monoisotopic (exact) mass is 247 g/mol. The molecule has 0 aromatic rings. The summed E-state index contributed by atoms with van der Waals surface area (Å²) in [5, 5.41) is 0. The van der Waals surface area contributed by atoms with Crippen molar-refractivity contribution in [1.29, 1.82) is 0 Å². The Morgan fingerprint density at radius 3 is 2.75 bits per heavy atom. The van der Waals surface area contributed by atoms with E-state index in [9.17, 15) is 8.42 Å². The lowest BCUT2D eigenvalue weighted by Crippen LogP contribution is -2.31. The summed E-state index contributed by atoms with van der Waals surface area (Å²) in [7, 11) is -2.79. The third-order valence-corrected chi connectivity index (χ3v) is 5.51. The Morgan fingerprint density at radius 1 is 1.38 bits per heavy atom. The van der Waals surface area contributed by atoms with Crippen LogP contribution in [0.15, 0.2) is 0 Å². The highest BCUT2D eigenvalue weighted by molar-refractivity contribution is 7.91. The maximum absolute atomic E-state index is 11.3. The summed E-state index contributed by atoms with van der Waals surface area (Å²) in [6.45, 7) is 0.873. The van der Waals surface area contributed by atoms with Crippen molar-refractivity contribution in [3.63, 3.8) is 0 Å². The van der Waals surface area contributed by atoms with Crippen LogP contribution < -0.4 is 5.73 Å². The molecule has 2 N–H and O–H groups in total. The molecule has 94 valence electrons. The van der Waals surface area contributed by atoms with Crippen LogP contribution in [0, 0.1) is 5.92 Å². The van der Waals surface area contributed by atoms with E-state index in [0.29, 0.717) is 17.6 Å². The van der Waals surface area contributed by atoms with E-state index in [1.165, 1.54) is 0 Å². The standard InChI is InChI=1S/C11H21NO3S/c12-11(4-3-10-2-1-6-15-10)9-5-7-16(13,14)8-9/h9-11H,1-8,12H2. The van der Waals surface area contributed by atoms with Crippen LogP contribution in [0.3, 0.4) is 0 Å². The fourth-order valence-corrected chi connectivity index (χ4v) is 4.54. The zero-order valence-corrected chi connectivity index (χ0v) is 10.4. The molecule has 0 aliphatic carbocycles. The number of hydrogen-bond acceptors (Lipinski definition) is 4. The number of hydrogen-bond donors (Lipinski definition) is 1. The quantitative estimate of drug-likeness (QED) is 0.794. The second kappa shape index (κ2) is 5.02. The van der Waals surface area contributed by atoms with Gasteiger partial charge >= 0.3 is 0 Å². The fraction of sp³-hybridized carbons (Fsp3) is 1.00. The van der Waals surface area contributed by atoms with Gasteiger partial charge in [0.05, 0.1) is 17.6 Å². The van der Waals surface area contributed by atoms with Crippen LogP contribution in [-0.4, -0.2) is 38.7 Å². The minimum absolute atomic E-state index is 0.0291. The van der Waals surface area contributed by atoms with Gasteiger partial charge in [-0.2, -0.15) is 0 Å². The predicted octanol–water partition coefficient (Wildman–Crippen LogP) is 0.708. The highest BCUT2D eigenvalue weighted by Gasteiger charge is 2.32. The Kier molecular flexibility index (Phi) is 3.87. The molecule has 3 atom stereocenters. The molecule has 0 spiro atoms. The van der Waals surface area contributed by atoms with Crippen molar-refractivity contribution in [3.8, 4) is 0 Å². The van der Waals surface area contributed by atoms with E-state index < -0.39 is 9.84 Å². The summed E-state index contributed by atoms with van der Waals surface area (Å²) in [5.41, 5.74) is 6.06. The molecular weight excluding hydrogens is 226 g/mol. The van der Waals surface area contributed by atoms with E-state index in [2.05, 4.69) is 0 Å². The first-order valence-corrected chi connectivity index (χ1v) is 7.96. The molecule has 0 radical (unpaired) electrons. The highest BCUT2D eigenvalue weighted by atomic mass is 32.2. The molecule has 5 heteroatoms. The molecule has 2 aliphatic heterocycles. The van der Waals surface area contributed by atoms with Crippen molar-refractivity contribution < 1.29 is 13.2 Å². The van der Waals surface area contributed by atoms with Crippen molar-refractivity contribution in [1.82, 2.24) is 0 Å². The number of rotatable bonds is 4. The molecule has 0 aromatic heterocycles. The molecule has 2 saturated heterocycles. The molecule has 16 heavy (non-hydrogen) atoms. The van der Waals surface area contributed by atoms with Crippen molar-refractivity contribution in [2.75, 3.05) is 18.1 Å². The molecule has 2 heterocycles. The molecule has 2 rings (SSSR count). The van der Waals surface area contributed by atoms with Crippen LogP contribution in [0.4, 0.5) is 0 Å². The minimum Gasteiger partial charge on any atom is -0.378 e. The van der Waals surface area contributed by atoms with Crippen LogP contribution in [0.2, 0.25) is 0 Å². The van der Waals surface area contributed by atoms with Gasteiger partial charge in [0.1, 0.15) is 0 Å². The molecule has 4 nitrogen and oxygen atoms in total. The Bertz CT molecular complexity index is 322. The van der Waals surface area contributed by atoms with E-state index in [1.54, 1.807) is 0 Å². The normalized spacial score (nSPS) is 35.3. The van der Waals surface area contributed by atoms with Gasteiger partial charge in [-0.05, 0) is 38.0 Å². The van der Waals surface area contributed by atoms with Gasteiger partial charge in [0.2, 0.25) is 0 Å². The molecule has 0 aromatic carbocycles. The zero-order chi connectivity index (χ0) is 11.6. The largest absolute Gasteiger partial charge is 0.378 e. The maximum Gasteiger partial charge on any atom is 0.150 e. The maximum atomic E-state index is 11.3.